The van der Waals surface area contributed by atoms with E-state index in [1.54, 1.807) is 24.3 Å². The van der Waals surface area contributed by atoms with Crippen LogP contribution >= 0.6 is 0 Å². The van der Waals surface area contributed by atoms with Crippen molar-refractivity contribution in [3.63, 3.8) is 0 Å². The number of rotatable bonds is 5. The van der Waals surface area contributed by atoms with Gasteiger partial charge in [-0.05, 0) is 80.8 Å². The van der Waals surface area contributed by atoms with Crippen molar-refractivity contribution < 1.29 is 19.4 Å². The van der Waals surface area contributed by atoms with Gasteiger partial charge in [0.25, 0.3) is 11.7 Å². The zero-order valence-electron chi connectivity index (χ0n) is 19.2. The molecule has 33 heavy (non-hydrogen) atoms. The van der Waals surface area contributed by atoms with Gasteiger partial charge in [-0.1, -0.05) is 36.4 Å². The molecule has 3 aromatic carbocycles. The number of carbonyl (C=O) groups is 2. The van der Waals surface area contributed by atoms with Gasteiger partial charge in [0.2, 0.25) is 0 Å². The number of benzene rings is 3. The monoisotopic (exact) mass is 441 g/mol. The maximum Gasteiger partial charge on any atom is 0.300 e. The topological polar surface area (TPSA) is 66.8 Å². The van der Waals surface area contributed by atoms with Crippen LogP contribution in [0.2, 0.25) is 0 Å². The van der Waals surface area contributed by atoms with E-state index in [0.717, 1.165) is 16.7 Å². The Kier molecular flexibility index (Phi) is 6.05. The van der Waals surface area contributed by atoms with E-state index in [0.29, 0.717) is 17.0 Å². The van der Waals surface area contributed by atoms with Gasteiger partial charge in [-0.3, -0.25) is 14.5 Å². The second kappa shape index (κ2) is 8.94. The number of anilines is 1. The molecule has 1 unspecified atom stereocenters. The largest absolute Gasteiger partial charge is 0.507 e. The maximum atomic E-state index is 13.3. The third-order valence-electron chi connectivity index (χ3n) is 5.71. The van der Waals surface area contributed by atoms with Gasteiger partial charge in [-0.2, -0.15) is 0 Å². The number of aliphatic hydroxyl groups excluding tert-OH is 1. The zero-order valence-corrected chi connectivity index (χ0v) is 19.2. The number of carbonyl (C=O) groups excluding carboxylic acids is 2. The smallest absolute Gasteiger partial charge is 0.300 e. The summed E-state index contributed by atoms with van der Waals surface area (Å²) in [6, 6.07) is 21.2. The Morgan fingerprint density at radius 1 is 0.939 bits per heavy atom. The van der Waals surface area contributed by atoms with Gasteiger partial charge < -0.3 is 9.84 Å². The maximum absolute atomic E-state index is 13.3. The molecule has 5 heteroatoms. The average Bonchev–Trinajstić information content (AvgIpc) is 3.04. The summed E-state index contributed by atoms with van der Waals surface area (Å²) in [6.07, 6.45) is 0.0187. The van der Waals surface area contributed by atoms with Crippen molar-refractivity contribution in [1.29, 1.82) is 0 Å². The lowest BCUT2D eigenvalue weighted by Crippen LogP contribution is -2.29. The number of ketones is 1. The van der Waals surface area contributed by atoms with E-state index in [2.05, 4.69) is 0 Å². The van der Waals surface area contributed by atoms with E-state index in [1.165, 1.54) is 4.90 Å². The molecule has 1 aliphatic heterocycles. The van der Waals surface area contributed by atoms with Crippen LogP contribution in [0.15, 0.2) is 78.4 Å². The molecule has 1 heterocycles. The molecule has 0 aliphatic carbocycles. The molecule has 1 fully saturated rings. The summed E-state index contributed by atoms with van der Waals surface area (Å²) in [4.78, 5) is 28.0. The molecule has 1 atom stereocenters. The summed E-state index contributed by atoms with van der Waals surface area (Å²) in [5.74, 6) is -0.898. The van der Waals surface area contributed by atoms with Gasteiger partial charge in [0.1, 0.15) is 11.5 Å². The van der Waals surface area contributed by atoms with E-state index >= 15 is 0 Å². The van der Waals surface area contributed by atoms with Crippen molar-refractivity contribution in [1.82, 2.24) is 0 Å². The molecule has 0 radical (unpaired) electrons. The number of amides is 1. The normalized spacial score (nSPS) is 17.6. The number of ether oxygens (including phenoxy) is 1. The minimum Gasteiger partial charge on any atom is -0.507 e. The first-order valence-corrected chi connectivity index (χ1v) is 11.0. The number of nitrogens with zero attached hydrogens (tertiary/aromatic N) is 1. The predicted molar refractivity (Wildman–Crippen MR) is 129 cm³/mol. The fourth-order valence-electron chi connectivity index (χ4n) is 4.18. The lowest BCUT2D eigenvalue weighted by Gasteiger charge is -2.27. The summed E-state index contributed by atoms with van der Waals surface area (Å²) in [6.45, 7) is 7.74. The highest BCUT2D eigenvalue weighted by Gasteiger charge is 2.47. The first-order valence-electron chi connectivity index (χ1n) is 11.0. The average molecular weight is 442 g/mol. The van der Waals surface area contributed by atoms with Crippen molar-refractivity contribution in [3.8, 4) is 5.75 Å². The molecule has 0 aromatic heterocycles. The number of hydrogen-bond donors (Lipinski definition) is 1. The minimum absolute atomic E-state index is 0.0187. The predicted octanol–water partition coefficient (Wildman–Crippen LogP) is 5.72. The van der Waals surface area contributed by atoms with Gasteiger partial charge >= 0.3 is 0 Å². The Labute approximate surface area is 193 Å². The van der Waals surface area contributed by atoms with Gasteiger partial charge in [0.15, 0.2) is 0 Å². The summed E-state index contributed by atoms with van der Waals surface area (Å²) in [7, 11) is 0. The van der Waals surface area contributed by atoms with Crippen LogP contribution in [0.1, 0.15) is 42.1 Å². The minimum atomic E-state index is -0.736. The first kappa shape index (κ1) is 22.3. The Morgan fingerprint density at radius 2 is 1.64 bits per heavy atom. The number of aliphatic hydroxyl groups is 1. The fourth-order valence-corrected chi connectivity index (χ4v) is 4.18. The van der Waals surface area contributed by atoms with Crippen LogP contribution in [0, 0.1) is 13.8 Å². The molecule has 168 valence electrons. The van der Waals surface area contributed by atoms with E-state index in [-0.39, 0.29) is 17.4 Å². The van der Waals surface area contributed by atoms with Crippen LogP contribution in [0.4, 0.5) is 5.69 Å². The Morgan fingerprint density at radius 3 is 2.27 bits per heavy atom. The van der Waals surface area contributed by atoms with E-state index in [4.69, 9.17) is 4.74 Å². The van der Waals surface area contributed by atoms with Crippen LogP contribution in [0.25, 0.3) is 5.76 Å². The number of hydrogen-bond acceptors (Lipinski definition) is 4. The first-order chi connectivity index (χ1) is 15.8. The Bertz CT molecular complexity index is 1240. The molecule has 4 rings (SSSR count). The van der Waals surface area contributed by atoms with Crippen molar-refractivity contribution in [2.45, 2.75) is 39.8 Å². The van der Waals surface area contributed by atoms with Crippen molar-refractivity contribution >= 4 is 23.1 Å². The second-order valence-electron chi connectivity index (χ2n) is 8.56. The van der Waals surface area contributed by atoms with Crippen LogP contribution in [-0.2, 0) is 9.59 Å². The Balaban J connectivity index is 1.89. The quantitative estimate of drug-likeness (QED) is 0.313. The van der Waals surface area contributed by atoms with Crippen molar-refractivity contribution in [2.24, 2.45) is 0 Å². The second-order valence-corrected chi connectivity index (χ2v) is 8.56. The van der Waals surface area contributed by atoms with Crippen LogP contribution in [0.5, 0.6) is 5.75 Å². The molecular formula is C28H27NO4. The molecule has 1 amide bonds. The third-order valence-corrected chi connectivity index (χ3v) is 5.71. The highest BCUT2D eigenvalue weighted by Crippen LogP contribution is 2.43. The number of Topliss-reactive ketones (excluding diaryl/α,β-unsaturated/α-hetero) is 1. The van der Waals surface area contributed by atoms with Crippen LogP contribution in [0.3, 0.4) is 0 Å². The van der Waals surface area contributed by atoms with Crippen LogP contribution in [-0.4, -0.2) is 22.9 Å². The summed E-state index contributed by atoms with van der Waals surface area (Å²) < 4.78 is 5.68. The molecule has 0 saturated carbocycles. The van der Waals surface area contributed by atoms with Gasteiger partial charge in [-0.15, -0.1) is 0 Å². The van der Waals surface area contributed by atoms with E-state index < -0.39 is 17.7 Å². The third kappa shape index (κ3) is 4.27. The molecule has 1 saturated heterocycles. The highest BCUT2D eigenvalue weighted by molar-refractivity contribution is 6.51. The van der Waals surface area contributed by atoms with Gasteiger partial charge in [0, 0.05) is 11.3 Å². The molecule has 3 aromatic rings. The van der Waals surface area contributed by atoms with Crippen LogP contribution < -0.4 is 9.64 Å². The lowest BCUT2D eigenvalue weighted by molar-refractivity contribution is -0.132. The highest BCUT2D eigenvalue weighted by atomic mass is 16.5. The summed E-state index contributed by atoms with van der Waals surface area (Å²) >= 11 is 0. The standard InChI is InChI=1S/C28H27NO4/c1-17(2)33-22-14-12-20(13-15-22)26(30)24-25(23-11-6-5-9-19(23)4)29(28(32)27(24)31)21-10-7-8-18(3)16-21/h5-17,25,30H,1-4H3/b26-24+. The van der Waals surface area contributed by atoms with Crippen molar-refractivity contribution in [3.05, 3.63) is 101 Å². The molecule has 1 aliphatic rings. The number of aryl methyl sites for hydroxylation is 2. The molecule has 0 spiro atoms. The van der Waals surface area contributed by atoms with E-state index in [9.17, 15) is 14.7 Å². The fraction of sp³-hybridized carbons (Fsp3) is 0.214. The Hall–Kier alpha value is -3.86. The molecule has 5 nitrogen and oxygen atoms in total. The zero-order chi connectivity index (χ0) is 23.7. The van der Waals surface area contributed by atoms with E-state index in [1.807, 2.05) is 76.2 Å². The van der Waals surface area contributed by atoms with Crippen molar-refractivity contribution in [2.75, 3.05) is 4.90 Å². The molecule has 1 N–H and O–H groups in total. The van der Waals surface area contributed by atoms with Gasteiger partial charge in [0.05, 0.1) is 17.7 Å². The molecular weight excluding hydrogens is 414 g/mol. The lowest BCUT2D eigenvalue weighted by atomic mass is 9.92. The molecule has 0 bridgehead atoms. The van der Waals surface area contributed by atoms with Gasteiger partial charge in [-0.25, -0.2) is 0 Å². The summed E-state index contributed by atoms with van der Waals surface area (Å²) in [5.41, 5.74) is 3.83. The SMILES string of the molecule is Cc1cccc(N2C(=O)C(=O)/C(=C(/O)c3ccc(OC(C)C)cc3)C2c2ccccc2C)c1. The summed E-state index contributed by atoms with van der Waals surface area (Å²) in [5, 5.41) is 11.3.